The number of fused-ring (bicyclic) bond motifs is 1. The summed E-state index contributed by atoms with van der Waals surface area (Å²) in [5.74, 6) is -2.69. The first-order valence-corrected chi connectivity index (χ1v) is 18.4. The van der Waals surface area contributed by atoms with Crippen LogP contribution in [0.1, 0.15) is 73.1 Å². The summed E-state index contributed by atoms with van der Waals surface area (Å²) in [4.78, 5) is 91.4. The normalized spacial score (nSPS) is 21.9. The number of hydrogen-bond donors (Lipinski definition) is 3. The zero-order valence-electron chi connectivity index (χ0n) is 31.4. The Kier molecular flexibility index (Phi) is 13.6. The van der Waals surface area contributed by atoms with E-state index in [-0.39, 0.29) is 17.9 Å². The Morgan fingerprint density at radius 2 is 1.27 bits per heavy atom. The minimum atomic E-state index is -1.17. The Morgan fingerprint density at radius 1 is 0.745 bits per heavy atom. The summed E-state index contributed by atoms with van der Waals surface area (Å²) in [6.07, 6.45) is 0.556. The van der Waals surface area contributed by atoms with E-state index in [0.29, 0.717) is 56.2 Å². The first kappa shape index (κ1) is 40.8. The van der Waals surface area contributed by atoms with Gasteiger partial charge in [0, 0.05) is 23.7 Å². The van der Waals surface area contributed by atoms with E-state index in [1.807, 2.05) is 13.8 Å². The van der Waals surface area contributed by atoms with Gasteiger partial charge < -0.3 is 39.6 Å². The van der Waals surface area contributed by atoms with Crippen molar-refractivity contribution in [2.45, 2.75) is 88.8 Å². The third-order valence-electron chi connectivity index (χ3n) is 10.4. The molecule has 16 heteroatoms. The van der Waals surface area contributed by atoms with Gasteiger partial charge in [0.2, 0.25) is 5.91 Å². The zero-order chi connectivity index (χ0) is 39.8. The molecule has 6 atom stereocenters. The lowest BCUT2D eigenvalue weighted by Gasteiger charge is -2.37. The summed E-state index contributed by atoms with van der Waals surface area (Å²) in [5.41, 5.74) is 2.16. The van der Waals surface area contributed by atoms with Crippen LogP contribution in [0.25, 0.3) is 11.1 Å². The molecule has 3 heterocycles. The van der Waals surface area contributed by atoms with Crippen LogP contribution in [0.5, 0.6) is 0 Å². The molecule has 16 nitrogen and oxygen atoms in total. The second kappa shape index (κ2) is 18.3. The topological polar surface area (TPSA) is 207 Å². The number of nitrogens with zero attached hydrogens (tertiary/aromatic N) is 2. The maximum absolute atomic E-state index is 13.1. The van der Waals surface area contributed by atoms with Crippen molar-refractivity contribution in [3.05, 3.63) is 59.7 Å². The number of rotatable bonds is 14. The molecular formula is C39H48N4O12. The van der Waals surface area contributed by atoms with Crippen molar-refractivity contribution >= 4 is 41.6 Å². The second-order valence-electron chi connectivity index (χ2n) is 14.2. The van der Waals surface area contributed by atoms with Gasteiger partial charge in [0.1, 0.15) is 24.4 Å². The molecule has 3 N–H and O–H groups in total. The monoisotopic (exact) mass is 764 g/mol. The molecule has 3 saturated heterocycles. The number of methoxy groups -OCH3 is 2. The predicted octanol–water partition coefficient (Wildman–Crippen LogP) is 2.85. The van der Waals surface area contributed by atoms with E-state index >= 15 is 0 Å². The molecule has 3 amide bonds. The van der Waals surface area contributed by atoms with E-state index in [1.54, 1.807) is 53.4 Å². The molecule has 6 unspecified atom stereocenters. The molecule has 3 aliphatic rings. The van der Waals surface area contributed by atoms with E-state index < -0.39 is 79.3 Å². The summed E-state index contributed by atoms with van der Waals surface area (Å²) in [7, 11) is 2.43. The zero-order valence-corrected chi connectivity index (χ0v) is 31.4. The van der Waals surface area contributed by atoms with E-state index in [4.69, 9.17) is 9.47 Å². The number of piperidine rings is 1. The highest BCUT2D eigenvalue weighted by atomic mass is 16.6. The fraction of sp³-hybridized carbons (Fsp3) is 0.513. The predicted molar refractivity (Wildman–Crippen MR) is 195 cm³/mol. The molecule has 0 bridgehead atoms. The maximum Gasteiger partial charge on any atom is 0.407 e. The third-order valence-corrected chi connectivity index (χ3v) is 10.4. The molecule has 2 aromatic rings. The number of amides is 3. The number of nitrogens with one attached hydrogen (secondary N) is 2. The largest absolute Gasteiger partial charge is 0.456 e. The summed E-state index contributed by atoms with van der Waals surface area (Å²) < 4.78 is 20.0. The second-order valence-corrected chi connectivity index (χ2v) is 14.2. The van der Waals surface area contributed by atoms with Crippen molar-refractivity contribution < 1.29 is 57.6 Å². The van der Waals surface area contributed by atoms with Crippen LogP contribution in [0.3, 0.4) is 0 Å². The minimum Gasteiger partial charge on any atom is -0.456 e. The lowest BCUT2D eigenvalue weighted by Crippen LogP contribution is -2.57. The smallest absolute Gasteiger partial charge is 0.407 e. The van der Waals surface area contributed by atoms with Crippen LogP contribution in [-0.2, 0) is 33.3 Å². The SMILES string of the molecule is COC(=O)NC1CCC2CCC(C(=O)OCC(=O)c3ccc(-c4ccc(C(=O)COC(=O)C5CCCN5C(O)C(NC(=O)OC)C(C)C)cc4)cc3)N2C1=O. The Hall–Kier alpha value is -5.35. The third kappa shape index (κ3) is 9.67. The van der Waals surface area contributed by atoms with E-state index in [9.17, 15) is 38.7 Å². The summed E-state index contributed by atoms with van der Waals surface area (Å²) in [6, 6.07) is 10.1. The molecular weight excluding hydrogens is 716 g/mol. The van der Waals surface area contributed by atoms with Gasteiger partial charge in [-0.1, -0.05) is 62.4 Å². The van der Waals surface area contributed by atoms with Crippen LogP contribution < -0.4 is 10.6 Å². The number of benzene rings is 2. The van der Waals surface area contributed by atoms with Crippen molar-refractivity contribution in [1.29, 1.82) is 0 Å². The van der Waals surface area contributed by atoms with Gasteiger partial charge >= 0.3 is 24.1 Å². The standard InChI is InChI=1S/C39H48N4O12/c1-22(2)33(41-39(51)53-4)35(47)42-19-5-6-29(42)36(48)54-20-31(44)25-11-7-23(8-12-25)24-9-13-26(14-10-24)32(45)21-55-37(49)30-18-16-27-15-17-28(34(46)43(27)30)40-38(50)52-3/h7-14,22,27-30,33,35,47H,5-6,15-21H2,1-4H3,(H,40,50)(H,41,51). The number of carbonyl (C=O) groups is 7. The fourth-order valence-corrected chi connectivity index (χ4v) is 7.40. The molecule has 2 aromatic carbocycles. The van der Waals surface area contributed by atoms with E-state index in [2.05, 4.69) is 20.1 Å². The molecule has 5 rings (SSSR count). The number of ether oxygens (including phenoxy) is 4. The number of Topliss-reactive ketones (excluding diaryl/α,β-unsaturated/α-hetero) is 2. The van der Waals surface area contributed by atoms with Crippen molar-refractivity contribution in [3.63, 3.8) is 0 Å². The molecule has 0 aromatic heterocycles. The average Bonchev–Trinajstić information content (AvgIpc) is 3.87. The number of carbonyl (C=O) groups excluding carboxylic acids is 7. The Bertz CT molecular complexity index is 1750. The van der Waals surface area contributed by atoms with Crippen molar-refractivity contribution in [1.82, 2.24) is 20.4 Å². The highest BCUT2D eigenvalue weighted by Crippen LogP contribution is 2.33. The van der Waals surface area contributed by atoms with Crippen LogP contribution >= 0.6 is 0 Å². The highest BCUT2D eigenvalue weighted by molar-refractivity contribution is 6.00. The van der Waals surface area contributed by atoms with Gasteiger partial charge in [-0.2, -0.15) is 0 Å². The van der Waals surface area contributed by atoms with Crippen molar-refractivity contribution in [2.24, 2.45) is 5.92 Å². The number of alkyl carbamates (subject to hydrolysis) is 2. The van der Waals surface area contributed by atoms with Gasteiger partial charge in [-0.25, -0.2) is 14.4 Å². The minimum absolute atomic E-state index is 0.133. The van der Waals surface area contributed by atoms with E-state index in [1.165, 1.54) is 19.1 Å². The van der Waals surface area contributed by atoms with Gasteiger partial charge in [0.25, 0.3) is 0 Å². The molecule has 3 aliphatic heterocycles. The maximum atomic E-state index is 13.1. The fourth-order valence-electron chi connectivity index (χ4n) is 7.40. The van der Waals surface area contributed by atoms with Gasteiger partial charge in [0.05, 0.1) is 20.3 Å². The number of aliphatic hydroxyl groups is 1. The number of hydrogen-bond acceptors (Lipinski definition) is 13. The molecule has 55 heavy (non-hydrogen) atoms. The highest BCUT2D eigenvalue weighted by Gasteiger charge is 2.47. The van der Waals surface area contributed by atoms with Crippen LogP contribution in [0.15, 0.2) is 48.5 Å². The molecule has 0 saturated carbocycles. The Morgan fingerprint density at radius 3 is 1.80 bits per heavy atom. The number of ketones is 2. The van der Waals surface area contributed by atoms with Crippen molar-refractivity contribution in [3.8, 4) is 11.1 Å². The summed E-state index contributed by atoms with van der Waals surface area (Å²) >= 11 is 0. The number of likely N-dealkylation sites (tertiary alicyclic amines) is 1. The molecule has 0 aliphatic carbocycles. The van der Waals surface area contributed by atoms with Gasteiger partial charge in [0.15, 0.2) is 24.8 Å². The molecule has 0 spiro atoms. The summed E-state index contributed by atoms with van der Waals surface area (Å²) in [6.45, 7) is 3.07. The lowest BCUT2D eigenvalue weighted by atomic mass is 9.98. The first-order valence-electron chi connectivity index (χ1n) is 18.4. The van der Waals surface area contributed by atoms with Crippen LogP contribution in [0, 0.1) is 5.92 Å². The molecule has 296 valence electrons. The van der Waals surface area contributed by atoms with Crippen LogP contribution in [0.4, 0.5) is 9.59 Å². The van der Waals surface area contributed by atoms with Crippen LogP contribution in [-0.4, -0.2) is 127 Å². The lowest BCUT2D eigenvalue weighted by molar-refractivity contribution is -0.155. The average molecular weight is 765 g/mol. The Balaban J connectivity index is 1.10. The van der Waals surface area contributed by atoms with Gasteiger partial charge in [-0.3, -0.25) is 24.1 Å². The number of aliphatic hydroxyl groups excluding tert-OH is 1. The van der Waals surface area contributed by atoms with Gasteiger partial charge in [-0.15, -0.1) is 0 Å². The van der Waals surface area contributed by atoms with Gasteiger partial charge in [-0.05, 0) is 55.6 Å². The van der Waals surface area contributed by atoms with Crippen molar-refractivity contribution in [2.75, 3.05) is 34.0 Å². The molecule has 3 fully saturated rings. The number of esters is 2. The summed E-state index contributed by atoms with van der Waals surface area (Å²) in [5, 5.41) is 16.2. The quantitative estimate of drug-likeness (QED) is 0.144. The van der Waals surface area contributed by atoms with E-state index in [0.717, 1.165) is 11.1 Å². The molecule has 0 radical (unpaired) electrons. The first-order chi connectivity index (χ1) is 26.3. The van der Waals surface area contributed by atoms with Crippen LogP contribution in [0.2, 0.25) is 0 Å². The Labute approximate surface area is 318 Å².